The molecule has 0 saturated carbocycles. The highest BCUT2D eigenvalue weighted by Gasteiger charge is 2.32. The number of amides is 2. The van der Waals surface area contributed by atoms with Crippen LogP contribution in [-0.4, -0.2) is 40.8 Å². The van der Waals surface area contributed by atoms with Gasteiger partial charge in [0.05, 0.1) is 20.1 Å². The average molecular weight is 476 g/mol. The van der Waals surface area contributed by atoms with Crippen molar-refractivity contribution >= 4 is 44.7 Å². The van der Waals surface area contributed by atoms with Gasteiger partial charge in [-0.25, -0.2) is 4.98 Å². The summed E-state index contributed by atoms with van der Waals surface area (Å²) in [5.74, 6) is 0.0130. The third-order valence-electron chi connectivity index (χ3n) is 6.02. The maximum atomic E-state index is 13.7. The second kappa shape index (κ2) is 9.85. The Morgan fingerprint density at radius 3 is 2.67 bits per heavy atom. The van der Waals surface area contributed by atoms with Crippen molar-refractivity contribution in [3.63, 3.8) is 0 Å². The van der Waals surface area contributed by atoms with Crippen molar-refractivity contribution in [2.45, 2.75) is 31.2 Å². The van der Waals surface area contributed by atoms with E-state index < -0.39 is 6.04 Å². The normalized spacial score (nSPS) is 17.1. The summed E-state index contributed by atoms with van der Waals surface area (Å²) in [4.78, 5) is 33.8. The fourth-order valence-corrected chi connectivity index (χ4v) is 6.07. The van der Waals surface area contributed by atoms with Crippen molar-refractivity contribution in [2.24, 2.45) is 0 Å². The van der Waals surface area contributed by atoms with E-state index in [1.165, 1.54) is 16.0 Å². The zero-order valence-electron chi connectivity index (χ0n) is 18.1. The SMILES string of the molecule is O=C(N[C@@H](Cc1ccccc1)C(=O)N1CCC[C@H](c2nc3ccccc3s2)C1)c1cccs1. The summed E-state index contributed by atoms with van der Waals surface area (Å²) in [6.45, 7) is 1.35. The smallest absolute Gasteiger partial charge is 0.262 e. The number of likely N-dealkylation sites (tertiary alicyclic amines) is 1. The Morgan fingerprint density at radius 2 is 1.88 bits per heavy atom. The van der Waals surface area contributed by atoms with Gasteiger partial charge < -0.3 is 10.2 Å². The van der Waals surface area contributed by atoms with Gasteiger partial charge in [-0.05, 0) is 42.0 Å². The molecule has 3 heterocycles. The molecule has 5 rings (SSSR count). The third kappa shape index (κ3) is 4.99. The Bertz CT molecular complexity index is 1200. The van der Waals surface area contributed by atoms with Crippen molar-refractivity contribution in [1.29, 1.82) is 0 Å². The van der Waals surface area contributed by atoms with Crippen LogP contribution in [0.3, 0.4) is 0 Å². The van der Waals surface area contributed by atoms with E-state index in [0.29, 0.717) is 24.4 Å². The topological polar surface area (TPSA) is 62.3 Å². The number of carbonyl (C=O) groups excluding carboxylic acids is 2. The van der Waals surface area contributed by atoms with E-state index >= 15 is 0 Å². The second-order valence-corrected chi connectivity index (χ2v) is 10.3. The Kier molecular flexibility index (Phi) is 6.51. The van der Waals surface area contributed by atoms with E-state index in [1.54, 1.807) is 17.4 Å². The van der Waals surface area contributed by atoms with Gasteiger partial charge in [0, 0.05) is 25.4 Å². The summed E-state index contributed by atoms with van der Waals surface area (Å²) in [6, 6.07) is 21.1. The lowest BCUT2D eigenvalue weighted by molar-refractivity contribution is -0.134. The lowest BCUT2D eigenvalue weighted by atomic mass is 9.97. The number of nitrogens with one attached hydrogen (secondary N) is 1. The maximum Gasteiger partial charge on any atom is 0.262 e. The van der Waals surface area contributed by atoms with Gasteiger partial charge >= 0.3 is 0 Å². The number of thiophene rings is 1. The minimum Gasteiger partial charge on any atom is -0.340 e. The molecule has 1 fully saturated rings. The molecule has 2 amide bonds. The minimum atomic E-state index is -0.601. The van der Waals surface area contributed by atoms with Gasteiger partial charge in [0.2, 0.25) is 5.91 Å². The maximum absolute atomic E-state index is 13.7. The predicted molar refractivity (Wildman–Crippen MR) is 134 cm³/mol. The molecule has 168 valence electrons. The molecule has 2 aromatic heterocycles. The number of carbonyl (C=O) groups is 2. The number of hydrogen-bond acceptors (Lipinski definition) is 5. The molecule has 4 aromatic rings. The quantitative estimate of drug-likeness (QED) is 0.422. The fraction of sp³-hybridized carbons (Fsp3) is 0.269. The van der Waals surface area contributed by atoms with Crippen molar-refractivity contribution < 1.29 is 9.59 Å². The number of hydrogen-bond donors (Lipinski definition) is 1. The number of piperidine rings is 1. The predicted octanol–water partition coefficient (Wildman–Crippen LogP) is 5.11. The van der Waals surface area contributed by atoms with Crippen LogP contribution in [0.4, 0.5) is 0 Å². The standard InChI is InChI=1S/C26H25N3O2S2/c30-24(23-13-7-15-32-23)27-21(16-18-8-2-1-3-9-18)26(31)29-14-6-10-19(17-29)25-28-20-11-4-5-12-22(20)33-25/h1-5,7-9,11-13,15,19,21H,6,10,14,16-17H2,(H,27,30)/t19-,21-/m0/s1. The first-order valence-corrected chi connectivity index (χ1v) is 12.9. The van der Waals surface area contributed by atoms with Gasteiger partial charge in [-0.15, -0.1) is 22.7 Å². The highest BCUT2D eigenvalue weighted by molar-refractivity contribution is 7.18. The van der Waals surface area contributed by atoms with Crippen LogP contribution in [0.15, 0.2) is 72.1 Å². The molecule has 0 unspecified atom stereocenters. The zero-order chi connectivity index (χ0) is 22.6. The number of fused-ring (bicyclic) bond motifs is 1. The summed E-state index contributed by atoms with van der Waals surface area (Å²) in [6.07, 6.45) is 2.43. The van der Waals surface area contributed by atoms with Crippen molar-refractivity contribution in [3.05, 3.63) is 87.6 Å². The van der Waals surface area contributed by atoms with E-state index in [0.717, 1.165) is 28.9 Å². The molecule has 2 aromatic carbocycles. The summed E-state index contributed by atoms with van der Waals surface area (Å²) >= 11 is 3.10. The fourth-order valence-electron chi connectivity index (χ4n) is 4.35. The number of benzene rings is 2. The number of aromatic nitrogens is 1. The van der Waals surface area contributed by atoms with Crippen LogP contribution in [0, 0.1) is 0 Å². The number of nitrogens with zero attached hydrogens (tertiary/aromatic N) is 2. The molecule has 0 radical (unpaired) electrons. The molecule has 2 atom stereocenters. The van der Waals surface area contributed by atoms with Gasteiger partial charge in [-0.2, -0.15) is 0 Å². The first-order chi connectivity index (χ1) is 16.2. The molecule has 0 spiro atoms. The number of thiazole rings is 1. The van der Waals surface area contributed by atoms with Crippen LogP contribution in [0.1, 0.15) is 39.0 Å². The van der Waals surface area contributed by atoms with Gasteiger partial charge in [0.25, 0.3) is 5.91 Å². The summed E-state index contributed by atoms with van der Waals surface area (Å²) in [5, 5.41) is 5.97. The molecule has 0 aliphatic carbocycles. The average Bonchev–Trinajstić information content (AvgIpc) is 3.54. The number of rotatable bonds is 6. The highest BCUT2D eigenvalue weighted by Crippen LogP contribution is 2.33. The van der Waals surface area contributed by atoms with E-state index in [-0.39, 0.29) is 17.7 Å². The van der Waals surface area contributed by atoms with Gasteiger partial charge in [-0.3, -0.25) is 9.59 Å². The molecule has 33 heavy (non-hydrogen) atoms. The Labute approximate surface area is 201 Å². The molecule has 1 N–H and O–H groups in total. The lowest BCUT2D eigenvalue weighted by Crippen LogP contribution is -2.51. The van der Waals surface area contributed by atoms with Crippen molar-refractivity contribution in [2.75, 3.05) is 13.1 Å². The third-order valence-corrected chi connectivity index (χ3v) is 8.09. The first-order valence-electron chi connectivity index (χ1n) is 11.2. The van der Waals surface area contributed by atoms with Crippen LogP contribution in [-0.2, 0) is 11.2 Å². The number of para-hydroxylation sites is 1. The Morgan fingerprint density at radius 1 is 1.06 bits per heavy atom. The molecular formula is C26H25N3O2S2. The Hall–Kier alpha value is -3.03. The molecular weight excluding hydrogens is 450 g/mol. The molecule has 5 nitrogen and oxygen atoms in total. The first kappa shape index (κ1) is 21.8. The highest BCUT2D eigenvalue weighted by atomic mass is 32.1. The van der Waals surface area contributed by atoms with Crippen molar-refractivity contribution in [1.82, 2.24) is 15.2 Å². The molecule has 1 aliphatic rings. The molecule has 0 bridgehead atoms. The second-order valence-electron chi connectivity index (χ2n) is 8.34. The van der Waals surface area contributed by atoms with Gasteiger partial charge in [0.15, 0.2) is 0 Å². The zero-order valence-corrected chi connectivity index (χ0v) is 19.8. The van der Waals surface area contributed by atoms with Crippen LogP contribution in [0.25, 0.3) is 10.2 Å². The Balaban J connectivity index is 1.34. The van der Waals surface area contributed by atoms with Gasteiger partial charge in [-0.1, -0.05) is 48.5 Å². The van der Waals surface area contributed by atoms with Crippen LogP contribution in [0.5, 0.6) is 0 Å². The monoisotopic (exact) mass is 475 g/mol. The van der Waals surface area contributed by atoms with Crippen LogP contribution < -0.4 is 5.32 Å². The van der Waals surface area contributed by atoms with E-state index in [1.807, 2.05) is 64.9 Å². The van der Waals surface area contributed by atoms with Gasteiger partial charge in [0.1, 0.15) is 6.04 Å². The summed E-state index contributed by atoms with van der Waals surface area (Å²) < 4.78 is 1.18. The van der Waals surface area contributed by atoms with Crippen LogP contribution in [0.2, 0.25) is 0 Å². The van der Waals surface area contributed by atoms with E-state index in [4.69, 9.17) is 4.98 Å². The largest absolute Gasteiger partial charge is 0.340 e. The van der Waals surface area contributed by atoms with E-state index in [9.17, 15) is 9.59 Å². The molecule has 1 aliphatic heterocycles. The van der Waals surface area contributed by atoms with E-state index in [2.05, 4.69) is 11.4 Å². The molecule has 7 heteroatoms. The summed E-state index contributed by atoms with van der Waals surface area (Å²) in [7, 11) is 0. The van der Waals surface area contributed by atoms with Crippen LogP contribution >= 0.6 is 22.7 Å². The lowest BCUT2D eigenvalue weighted by Gasteiger charge is -2.34. The molecule has 1 saturated heterocycles. The summed E-state index contributed by atoms with van der Waals surface area (Å²) in [5.41, 5.74) is 2.05. The minimum absolute atomic E-state index is 0.0189. The van der Waals surface area contributed by atoms with Crippen molar-refractivity contribution in [3.8, 4) is 0 Å².